The monoisotopic (exact) mass is 289 g/mol. The minimum atomic E-state index is -0.0698. The van der Waals surface area contributed by atoms with Crippen LogP contribution in [-0.2, 0) is 4.79 Å². The zero-order valence-electron chi connectivity index (χ0n) is 12.5. The minimum absolute atomic E-state index is 0.0698. The van der Waals surface area contributed by atoms with E-state index < -0.39 is 0 Å². The van der Waals surface area contributed by atoms with Crippen molar-refractivity contribution in [1.82, 2.24) is 4.72 Å². The van der Waals surface area contributed by atoms with Gasteiger partial charge in [0.1, 0.15) is 12.2 Å². The van der Waals surface area contributed by atoms with E-state index in [4.69, 9.17) is 4.55 Å². The van der Waals surface area contributed by atoms with Crippen LogP contribution >= 0.6 is 12.2 Å². The Bertz CT molecular complexity index is 201. The van der Waals surface area contributed by atoms with Crippen LogP contribution in [-0.4, -0.2) is 10.5 Å². The molecule has 114 valence electrons. The number of unbranched alkanes of at least 4 members (excludes halogenated alkanes) is 11. The van der Waals surface area contributed by atoms with Crippen molar-refractivity contribution in [3.8, 4) is 0 Å². The van der Waals surface area contributed by atoms with E-state index in [9.17, 15) is 4.79 Å². The molecule has 0 rings (SSSR count). The van der Waals surface area contributed by atoms with Crippen molar-refractivity contribution >= 4 is 18.1 Å². The largest absolute Gasteiger partial charge is 0.312 e. The summed E-state index contributed by atoms with van der Waals surface area (Å²) in [5.74, 6) is -0.0698. The van der Waals surface area contributed by atoms with Gasteiger partial charge in [0.15, 0.2) is 0 Å². The fraction of sp³-hybridized carbons (Fsp3) is 0.933. The molecular weight excluding hydrogens is 258 g/mol. The predicted molar refractivity (Wildman–Crippen MR) is 84.1 cm³/mol. The second-order valence-electron chi connectivity index (χ2n) is 5.26. The Kier molecular flexibility index (Phi) is 15.7. The van der Waals surface area contributed by atoms with Crippen LogP contribution in [0.4, 0.5) is 0 Å². The molecule has 0 heterocycles. The number of amides is 1. The van der Waals surface area contributed by atoms with Gasteiger partial charge in [-0.2, -0.15) is 0 Å². The minimum Gasteiger partial charge on any atom is -0.312 e. The van der Waals surface area contributed by atoms with Gasteiger partial charge in [0.2, 0.25) is 5.91 Å². The van der Waals surface area contributed by atoms with Crippen molar-refractivity contribution in [2.24, 2.45) is 0 Å². The van der Waals surface area contributed by atoms with Gasteiger partial charge in [0, 0.05) is 6.42 Å². The normalized spacial score (nSPS) is 10.6. The zero-order valence-corrected chi connectivity index (χ0v) is 13.3. The first-order valence-corrected chi connectivity index (χ1v) is 8.67. The molecule has 0 saturated heterocycles. The number of rotatable bonds is 14. The number of carbonyl (C=O) groups is 1. The maximum Gasteiger partial charge on any atom is 0.231 e. The average molecular weight is 289 g/mol. The molecule has 0 fully saturated rings. The lowest BCUT2D eigenvalue weighted by Crippen LogP contribution is -2.14. The standard InChI is InChI=1S/C15H31NO2S/c1-2-3-4-5-6-7-8-9-10-11-12-13-14-15(17)16-19-18/h18H,2-14H2,1H3,(H,16,17). The number of carbonyl (C=O) groups excluding carboxylic acids is 1. The molecule has 0 aliphatic carbocycles. The molecule has 0 atom stereocenters. The van der Waals surface area contributed by atoms with Crippen LogP contribution in [0.3, 0.4) is 0 Å². The predicted octanol–water partition coefficient (Wildman–Crippen LogP) is 5.32. The molecule has 1 amide bonds. The molecular formula is C15H31NO2S. The summed E-state index contributed by atoms with van der Waals surface area (Å²) >= 11 is 0.394. The van der Waals surface area contributed by atoms with Crippen molar-refractivity contribution in [1.29, 1.82) is 0 Å². The highest BCUT2D eigenvalue weighted by molar-refractivity contribution is 7.92. The highest BCUT2D eigenvalue weighted by atomic mass is 32.2. The fourth-order valence-corrected chi connectivity index (χ4v) is 2.43. The van der Waals surface area contributed by atoms with Crippen LogP contribution in [0.15, 0.2) is 0 Å². The maximum atomic E-state index is 11.0. The van der Waals surface area contributed by atoms with Crippen LogP contribution in [0.2, 0.25) is 0 Å². The van der Waals surface area contributed by atoms with Gasteiger partial charge in [-0.15, -0.1) is 0 Å². The van der Waals surface area contributed by atoms with E-state index in [2.05, 4.69) is 11.6 Å². The lowest BCUT2D eigenvalue weighted by Gasteiger charge is -2.03. The Morgan fingerprint density at radius 2 is 1.26 bits per heavy atom. The molecule has 0 unspecified atom stereocenters. The van der Waals surface area contributed by atoms with E-state index in [1.165, 1.54) is 64.2 Å². The molecule has 0 aliphatic heterocycles. The Balaban J connectivity index is 3.01. The van der Waals surface area contributed by atoms with Gasteiger partial charge in [0.05, 0.1) is 0 Å². The molecule has 0 aromatic carbocycles. The first kappa shape index (κ1) is 18.8. The first-order chi connectivity index (χ1) is 9.31. The Labute approximate surface area is 123 Å². The second-order valence-corrected chi connectivity index (χ2v) is 5.64. The molecule has 19 heavy (non-hydrogen) atoms. The summed E-state index contributed by atoms with van der Waals surface area (Å²) in [6.45, 7) is 2.26. The molecule has 0 bridgehead atoms. The SMILES string of the molecule is CCCCCCCCCCCCCCC(=O)NSO. The smallest absolute Gasteiger partial charge is 0.231 e. The third-order valence-electron chi connectivity index (χ3n) is 3.42. The van der Waals surface area contributed by atoms with Crippen molar-refractivity contribution in [3.05, 3.63) is 0 Å². The molecule has 0 aliphatic rings. The lowest BCUT2D eigenvalue weighted by atomic mass is 10.0. The van der Waals surface area contributed by atoms with E-state index >= 15 is 0 Å². The lowest BCUT2D eigenvalue weighted by molar-refractivity contribution is -0.119. The Hall–Kier alpha value is -0.220. The zero-order chi connectivity index (χ0) is 14.2. The van der Waals surface area contributed by atoms with Gasteiger partial charge >= 0.3 is 0 Å². The summed E-state index contributed by atoms with van der Waals surface area (Å²) < 4.78 is 10.7. The summed E-state index contributed by atoms with van der Waals surface area (Å²) in [5, 5.41) is 0. The third kappa shape index (κ3) is 15.7. The molecule has 0 aromatic heterocycles. The van der Waals surface area contributed by atoms with Gasteiger partial charge in [-0.25, -0.2) is 0 Å². The van der Waals surface area contributed by atoms with Gasteiger partial charge in [0.25, 0.3) is 0 Å². The Morgan fingerprint density at radius 1 is 0.842 bits per heavy atom. The van der Waals surface area contributed by atoms with Crippen LogP contribution in [0, 0.1) is 0 Å². The van der Waals surface area contributed by atoms with E-state index in [0.717, 1.165) is 12.8 Å². The summed E-state index contributed by atoms with van der Waals surface area (Å²) in [4.78, 5) is 11.0. The second kappa shape index (κ2) is 15.8. The molecule has 0 radical (unpaired) electrons. The highest BCUT2D eigenvalue weighted by Crippen LogP contribution is 2.12. The molecule has 0 aromatic rings. The van der Waals surface area contributed by atoms with Crippen molar-refractivity contribution in [3.63, 3.8) is 0 Å². The van der Waals surface area contributed by atoms with Crippen LogP contribution in [0.1, 0.15) is 90.4 Å². The van der Waals surface area contributed by atoms with Crippen molar-refractivity contribution in [2.45, 2.75) is 90.4 Å². The molecule has 3 nitrogen and oxygen atoms in total. The topological polar surface area (TPSA) is 49.3 Å². The molecule has 2 N–H and O–H groups in total. The quantitative estimate of drug-likeness (QED) is 0.259. The third-order valence-corrected chi connectivity index (χ3v) is 3.74. The maximum absolute atomic E-state index is 11.0. The van der Waals surface area contributed by atoms with Gasteiger partial charge in [-0.05, 0) is 6.42 Å². The highest BCUT2D eigenvalue weighted by Gasteiger charge is 1.99. The molecule has 4 heteroatoms. The van der Waals surface area contributed by atoms with Gasteiger partial charge in [-0.3, -0.25) is 9.52 Å². The average Bonchev–Trinajstić information content (AvgIpc) is 2.40. The van der Waals surface area contributed by atoms with E-state index in [1.807, 2.05) is 0 Å². The summed E-state index contributed by atoms with van der Waals surface area (Å²) in [6, 6.07) is 0. The Morgan fingerprint density at radius 3 is 1.68 bits per heavy atom. The van der Waals surface area contributed by atoms with Gasteiger partial charge < -0.3 is 4.55 Å². The van der Waals surface area contributed by atoms with Crippen molar-refractivity contribution < 1.29 is 9.35 Å². The first-order valence-electron chi connectivity index (χ1n) is 7.90. The summed E-state index contributed by atoms with van der Waals surface area (Å²) in [6.07, 6.45) is 16.2. The van der Waals surface area contributed by atoms with E-state index in [-0.39, 0.29) is 5.91 Å². The van der Waals surface area contributed by atoms with Gasteiger partial charge in [-0.1, -0.05) is 77.6 Å². The number of hydrogen-bond donors (Lipinski definition) is 2. The van der Waals surface area contributed by atoms with Crippen LogP contribution in [0.5, 0.6) is 0 Å². The number of nitrogens with one attached hydrogen (secondary N) is 1. The van der Waals surface area contributed by atoms with E-state index in [0.29, 0.717) is 18.6 Å². The van der Waals surface area contributed by atoms with E-state index in [1.54, 1.807) is 0 Å². The molecule has 0 spiro atoms. The van der Waals surface area contributed by atoms with Crippen molar-refractivity contribution in [2.75, 3.05) is 0 Å². The molecule has 0 saturated carbocycles. The van der Waals surface area contributed by atoms with Crippen LogP contribution in [0.25, 0.3) is 0 Å². The summed E-state index contributed by atoms with van der Waals surface area (Å²) in [7, 11) is 0. The fourth-order valence-electron chi connectivity index (χ4n) is 2.23. The summed E-state index contributed by atoms with van der Waals surface area (Å²) in [5.41, 5.74) is 0. The van der Waals surface area contributed by atoms with Crippen LogP contribution < -0.4 is 4.72 Å². The number of hydrogen-bond acceptors (Lipinski definition) is 3.